The van der Waals surface area contributed by atoms with Gasteiger partial charge in [0.2, 0.25) is 5.91 Å². The fourth-order valence-corrected chi connectivity index (χ4v) is 9.01. The highest BCUT2D eigenvalue weighted by molar-refractivity contribution is 8.00. The summed E-state index contributed by atoms with van der Waals surface area (Å²) in [5.74, 6) is 0.529. The van der Waals surface area contributed by atoms with Gasteiger partial charge in [-0.1, -0.05) is 140 Å². The van der Waals surface area contributed by atoms with E-state index in [0.717, 1.165) is 34.2 Å². The zero-order chi connectivity index (χ0) is 40.5. The lowest BCUT2D eigenvalue weighted by Gasteiger charge is -2.36. The number of carbonyl (C=O) groups excluding carboxylic acids is 3. The van der Waals surface area contributed by atoms with Crippen LogP contribution < -0.4 is 10.4 Å². The summed E-state index contributed by atoms with van der Waals surface area (Å²) in [6.45, 7) is 7.52. The number of thioether (sulfide) groups is 1. The Kier molecular flexibility index (Phi) is 12.5. The van der Waals surface area contributed by atoms with Gasteiger partial charge in [0.05, 0.1) is 10.4 Å². The van der Waals surface area contributed by atoms with Crippen molar-refractivity contribution in [2.45, 2.75) is 44.1 Å². The van der Waals surface area contributed by atoms with E-state index >= 15 is 0 Å². The van der Waals surface area contributed by atoms with Crippen LogP contribution in [-0.2, 0) is 20.8 Å². The molecule has 9 heteroatoms. The van der Waals surface area contributed by atoms with Gasteiger partial charge in [-0.05, 0) is 84.2 Å². The number of hydrazine groups is 1. The van der Waals surface area contributed by atoms with Crippen LogP contribution in [0.5, 0.6) is 0 Å². The minimum Gasteiger partial charge on any atom is -0.443 e. The van der Waals surface area contributed by atoms with E-state index in [1.165, 1.54) is 16.7 Å². The molecule has 0 atom stereocenters. The molecule has 58 heavy (non-hydrogen) atoms. The largest absolute Gasteiger partial charge is 0.443 e. The Morgan fingerprint density at radius 3 is 1.88 bits per heavy atom. The molecule has 1 N–H and O–H groups in total. The van der Waals surface area contributed by atoms with Crippen molar-refractivity contribution in [2.75, 3.05) is 36.9 Å². The van der Waals surface area contributed by atoms with E-state index in [9.17, 15) is 14.4 Å². The van der Waals surface area contributed by atoms with Crippen molar-refractivity contribution >= 4 is 46.1 Å². The van der Waals surface area contributed by atoms with Gasteiger partial charge in [0.25, 0.3) is 5.91 Å². The van der Waals surface area contributed by atoms with E-state index < -0.39 is 16.4 Å². The van der Waals surface area contributed by atoms with Gasteiger partial charge in [-0.15, -0.1) is 11.8 Å². The summed E-state index contributed by atoms with van der Waals surface area (Å²) in [7, 11) is 0. The molecule has 296 valence electrons. The minimum atomic E-state index is -0.681. The van der Waals surface area contributed by atoms with Crippen LogP contribution in [0, 0.1) is 0 Å². The molecule has 3 amide bonds. The lowest BCUT2D eigenvalue weighted by atomic mass is 9.84. The second-order valence-corrected chi connectivity index (χ2v) is 16.8. The third-order valence-electron chi connectivity index (χ3n) is 10.2. The number of ether oxygens (including phenoxy) is 1. The van der Waals surface area contributed by atoms with Gasteiger partial charge < -0.3 is 14.5 Å². The summed E-state index contributed by atoms with van der Waals surface area (Å²) in [4.78, 5) is 43.8. The predicted octanol–water partition coefficient (Wildman–Crippen LogP) is 9.69. The highest BCUT2D eigenvalue weighted by Crippen LogP contribution is 2.48. The SMILES string of the molecule is CC(C)(C)OC(=O)NN(CCCSC(c1ccccc1)(c1ccccc1)c1ccccc1)c1ccc2c(C(=O)N3CCN(Cc4ccccc4)C(=O)C3)cccc2c1. The number of fused-ring (bicyclic) bond motifs is 1. The maximum absolute atomic E-state index is 14.0. The third-order valence-corrected chi connectivity index (χ3v) is 11.9. The molecule has 0 aliphatic carbocycles. The Morgan fingerprint density at radius 1 is 0.724 bits per heavy atom. The summed E-state index contributed by atoms with van der Waals surface area (Å²) in [6, 6.07) is 53.3. The summed E-state index contributed by atoms with van der Waals surface area (Å²) >= 11 is 1.88. The van der Waals surface area contributed by atoms with Crippen LogP contribution in [0.4, 0.5) is 10.5 Å². The number of hydrogen-bond donors (Lipinski definition) is 1. The average molecular weight is 791 g/mol. The molecule has 6 aromatic carbocycles. The second kappa shape index (κ2) is 18.0. The first kappa shape index (κ1) is 40.1. The molecule has 1 aliphatic rings. The Bertz CT molecular complexity index is 2220. The van der Waals surface area contributed by atoms with Crippen LogP contribution in [0.15, 0.2) is 158 Å². The average Bonchev–Trinajstić information content (AvgIpc) is 3.24. The smallest absolute Gasteiger partial charge is 0.426 e. The Balaban J connectivity index is 1.11. The third kappa shape index (κ3) is 9.38. The monoisotopic (exact) mass is 790 g/mol. The van der Waals surface area contributed by atoms with Crippen molar-refractivity contribution in [3.63, 3.8) is 0 Å². The van der Waals surface area contributed by atoms with Crippen LogP contribution in [0.25, 0.3) is 10.8 Å². The Morgan fingerprint density at radius 2 is 1.31 bits per heavy atom. The summed E-state index contributed by atoms with van der Waals surface area (Å²) < 4.78 is 5.24. The number of piperazine rings is 1. The molecule has 0 radical (unpaired) electrons. The molecule has 0 aromatic heterocycles. The van der Waals surface area contributed by atoms with Crippen molar-refractivity contribution in [1.82, 2.24) is 15.2 Å². The normalized spacial score (nSPS) is 13.3. The van der Waals surface area contributed by atoms with Crippen LogP contribution in [0.3, 0.4) is 0 Å². The number of hydrogen-bond acceptors (Lipinski definition) is 6. The topological polar surface area (TPSA) is 82.2 Å². The number of amides is 3. The van der Waals surface area contributed by atoms with Crippen molar-refractivity contribution in [3.8, 4) is 0 Å². The molecular weight excluding hydrogens is 741 g/mol. The van der Waals surface area contributed by atoms with Crippen LogP contribution in [0.1, 0.15) is 59.8 Å². The van der Waals surface area contributed by atoms with E-state index in [2.05, 4.69) is 78.2 Å². The van der Waals surface area contributed by atoms with E-state index in [-0.39, 0.29) is 18.4 Å². The standard InChI is InChI=1S/C49H50N4O4S/c1-48(2,3)57-47(56)50-53(30-17-33-58-49(39-21-10-5-11-22-39,40-23-12-6-13-24-40)41-25-14-7-15-26-41)42-28-29-43-38(34-42)20-16-27-44(43)46(55)52-32-31-51(45(54)36-52)35-37-18-8-4-9-19-37/h4-16,18-29,34H,17,30-33,35-36H2,1-3H3,(H,50,56). The predicted molar refractivity (Wildman–Crippen MR) is 235 cm³/mol. The summed E-state index contributed by atoms with van der Waals surface area (Å²) in [6.07, 6.45) is 0.183. The number of benzene rings is 6. The Hall–Kier alpha value is -6.06. The van der Waals surface area contributed by atoms with Gasteiger partial charge in [0, 0.05) is 31.7 Å². The van der Waals surface area contributed by atoms with E-state index in [4.69, 9.17) is 4.74 Å². The first-order valence-electron chi connectivity index (χ1n) is 19.8. The number of nitrogens with zero attached hydrogens (tertiary/aromatic N) is 3. The molecule has 0 spiro atoms. The number of nitrogens with one attached hydrogen (secondary N) is 1. The van der Waals surface area contributed by atoms with Gasteiger partial charge in [0.1, 0.15) is 12.1 Å². The highest BCUT2D eigenvalue weighted by atomic mass is 32.2. The van der Waals surface area contributed by atoms with Crippen molar-refractivity contribution < 1.29 is 19.1 Å². The molecule has 7 rings (SSSR count). The lowest BCUT2D eigenvalue weighted by Crippen LogP contribution is -2.51. The minimum absolute atomic E-state index is 0.0336. The maximum Gasteiger partial charge on any atom is 0.426 e. The number of rotatable bonds is 13. The van der Waals surface area contributed by atoms with Crippen LogP contribution in [0.2, 0.25) is 0 Å². The van der Waals surface area contributed by atoms with Gasteiger partial charge in [0.15, 0.2) is 0 Å². The van der Waals surface area contributed by atoms with Crippen molar-refractivity contribution in [1.29, 1.82) is 0 Å². The van der Waals surface area contributed by atoms with Crippen LogP contribution >= 0.6 is 11.8 Å². The fraction of sp³-hybridized carbons (Fsp3) is 0.245. The Labute approximate surface area is 345 Å². The van der Waals surface area contributed by atoms with Gasteiger partial charge in [-0.25, -0.2) is 10.2 Å². The van der Waals surface area contributed by atoms with E-state index in [1.807, 2.05) is 127 Å². The lowest BCUT2D eigenvalue weighted by molar-refractivity contribution is -0.135. The first-order chi connectivity index (χ1) is 28.1. The molecule has 0 bridgehead atoms. The highest BCUT2D eigenvalue weighted by Gasteiger charge is 2.37. The van der Waals surface area contributed by atoms with Gasteiger partial charge in [-0.2, -0.15) is 0 Å². The fourth-order valence-electron chi connectivity index (χ4n) is 7.53. The van der Waals surface area contributed by atoms with Crippen molar-refractivity contribution in [3.05, 3.63) is 186 Å². The molecule has 1 saturated heterocycles. The van der Waals surface area contributed by atoms with Gasteiger partial charge in [-0.3, -0.25) is 14.6 Å². The maximum atomic E-state index is 14.0. The second-order valence-electron chi connectivity index (χ2n) is 15.5. The molecule has 1 aliphatic heterocycles. The molecular formula is C49H50N4O4S. The van der Waals surface area contributed by atoms with Crippen LogP contribution in [-0.4, -0.2) is 65.2 Å². The summed E-state index contributed by atoms with van der Waals surface area (Å²) in [5, 5.41) is 3.46. The zero-order valence-electron chi connectivity index (χ0n) is 33.3. The number of anilines is 1. The molecule has 1 heterocycles. The number of carbonyl (C=O) groups is 3. The first-order valence-corrected chi connectivity index (χ1v) is 20.8. The molecule has 1 fully saturated rings. The van der Waals surface area contributed by atoms with E-state index in [1.54, 1.807) is 4.90 Å². The van der Waals surface area contributed by atoms with E-state index in [0.29, 0.717) is 31.7 Å². The van der Waals surface area contributed by atoms with Crippen molar-refractivity contribution in [2.24, 2.45) is 0 Å². The molecule has 8 nitrogen and oxygen atoms in total. The summed E-state index contributed by atoms with van der Waals surface area (Å²) in [5.41, 5.74) is 8.27. The molecule has 6 aromatic rings. The zero-order valence-corrected chi connectivity index (χ0v) is 34.2. The van der Waals surface area contributed by atoms with Gasteiger partial charge >= 0.3 is 6.09 Å². The quantitative estimate of drug-likeness (QED) is 0.0713. The molecule has 0 saturated carbocycles. The molecule has 0 unspecified atom stereocenters.